The lowest BCUT2D eigenvalue weighted by molar-refractivity contribution is -0.151. The minimum Gasteiger partial charge on any atom is -0.726 e. The lowest BCUT2D eigenvalue weighted by Crippen LogP contribution is -2.30. The van der Waals surface area contributed by atoms with E-state index >= 15 is 0 Å². The molecule has 0 aromatic rings. The van der Waals surface area contributed by atoms with Gasteiger partial charge >= 0.3 is 11.9 Å². The Labute approximate surface area is 220 Å². The maximum atomic E-state index is 11.9. The monoisotopic (exact) mass is 535 g/mol. The molecule has 0 heterocycles. The standard InChI is InChI=1S/C27H52O8S/c1-3-5-7-9-11-13-15-17-19-21-26(28)33-23-25(35-36(30,31)32)24-34-27(29)22-20-18-16-14-12-10-8-6-4-2/h25H,3-24H2,1-2H3,(H,30,31,32)/p-1. The highest BCUT2D eigenvalue weighted by atomic mass is 32.3. The van der Waals surface area contributed by atoms with Gasteiger partial charge in [0.15, 0.2) is 0 Å². The largest absolute Gasteiger partial charge is 0.726 e. The van der Waals surface area contributed by atoms with Crippen LogP contribution in [0.3, 0.4) is 0 Å². The summed E-state index contributed by atoms with van der Waals surface area (Å²) in [6.45, 7) is 3.48. The first-order valence-corrected chi connectivity index (χ1v) is 15.6. The van der Waals surface area contributed by atoms with Gasteiger partial charge in [-0.3, -0.25) is 13.8 Å². The van der Waals surface area contributed by atoms with Crippen molar-refractivity contribution in [3.8, 4) is 0 Å². The number of hydrogen-bond donors (Lipinski definition) is 0. The number of ether oxygens (including phenoxy) is 2. The first-order valence-electron chi connectivity index (χ1n) is 14.2. The van der Waals surface area contributed by atoms with Gasteiger partial charge in [-0.25, -0.2) is 8.42 Å². The Morgan fingerprint density at radius 2 is 0.889 bits per heavy atom. The molecule has 0 bridgehead atoms. The Hall–Kier alpha value is -1.19. The van der Waals surface area contributed by atoms with Crippen molar-refractivity contribution in [3.63, 3.8) is 0 Å². The van der Waals surface area contributed by atoms with E-state index in [4.69, 9.17) is 9.47 Å². The van der Waals surface area contributed by atoms with E-state index in [9.17, 15) is 22.6 Å². The van der Waals surface area contributed by atoms with Gasteiger partial charge in [0.2, 0.25) is 10.4 Å². The van der Waals surface area contributed by atoms with Crippen molar-refractivity contribution in [2.24, 2.45) is 0 Å². The molecule has 0 amide bonds. The van der Waals surface area contributed by atoms with E-state index in [-0.39, 0.29) is 12.8 Å². The second kappa shape index (κ2) is 24.2. The number of carbonyl (C=O) groups is 2. The molecule has 0 spiro atoms. The Morgan fingerprint density at radius 1 is 0.583 bits per heavy atom. The van der Waals surface area contributed by atoms with Crippen LogP contribution in [0.5, 0.6) is 0 Å². The number of rotatable bonds is 26. The predicted octanol–water partition coefficient (Wildman–Crippen LogP) is 6.76. The highest BCUT2D eigenvalue weighted by Crippen LogP contribution is 2.12. The summed E-state index contributed by atoms with van der Waals surface area (Å²) in [5.74, 6) is -0.980. The summed E-state index contributed by atoms with van der Waals surface area (Å²) in [4.78, 5) is 23.9. The van der Waals surface area contributed by atoms with Crippen LogP contribution < -0.4 is 0 Å². The molecule has 8 nitrogen and oxygen atoms in total. The zero-order valence-electron chi connectivity index (χ0n) is 22.8. The molecular formula is C27H51O8S-. The molecule has 0 aliphatic carbocycles. The van der Waals surface area contributed by atoms with Crippen molar-refractivity contribution >= 4 is 22.3 Å². The predicted molar refractivity (Wildman–Crippen MR) is 140 cm³/mol. The minimum absolute atomic E-state index is 0.213. The van der Waals surface area contributed by atoms with E-state index in [1.54, 1.807) is 0 Å². The average molecular weight is 536 g/mol. The summed E-state index contributed by atoms with van der Waals surface area (Å²) in [6, 6.07) is 0. The van der Waals surface area contributed by atoms with Gasteiger partial charge in [-0.2, -0.15) is 0 Å². The van der Waals surface area contributed by atoms with Crippen LogP contribution in [0.15, 0.2) is 0 Å². The fourth-order valence-corrected chi connectivity index (χ4v) is 4.39. The van der Waals surface area contributed by atoms with Crippen LogP contribution in [0, 0.1) is 0 Å². The number of unbranched alkanes of at least 4 members (excludes halogenated alkanes) is 16. The van der Waals surface area contributed by atoms with E-state index in [1.807, 2.05) is 0 Å². The van der Waals surface area contributed by atoms with Gasteiger partial charge in [0.25, 0.3) is 0 Å². The topological polar surface area (TPSA) is 119 Å². The first-order chi connectivity index (χ1) is 17.3. The maximum absolute atomic E-state index is 11.9. The third kappa shape index (κ3) is 25.9. The molecule has 0 radical (unpaired) electrons. The molecule has 0 saturated carbocycles. The Bertz CT molecular complexity index is 598. The van der Waals surface area contributed by atoms with Crippen molar-refractivity contribution in [1.82, 2.24) is 0 Å². The van der Waals surface area contributed by atoms with Gasteiger partial charge in [-0.1, -0.05) is 117 Å². The summed E-state index contributed by atoms with van der Waals surface area (Å²) in [6.07, 6.45) is 19.3. The lowest BCUT2D eigenvalue weighted by Gasteiger charge is -2.19. The van der Waals surface area contributed by atoms with Crippen LogP contribution in [0.25, 0.3) is 0 Å². The van der Waals surface area contributed by atoms with E-state index < -0.39 is 41.7 Å². The summed E-state index contributed by atoms with van der Waals surface area (Å²) < 4.78 is 47.5. The Balaban J connectivity index is 4.00. The normalized spacial score (nSPS) is 11.7. The van der Waals surface area contributed by atoms with Gasteiger partial charge < -0.3 is 14.0 Å². The number of hydrogen-bond acceptors (Lipinski definition) is 8. The van der Waals surface area contributed by atoms with Crippen molar-refractivity contribution in [1.29, 1.82) is 0 Å². The SMILES string of the molecule is CCCCCCCCCCCC(=O)OCC(COC(=O)CCCCCCCCCCC)OS(=O)(=O)[O-]. The highest BCUT2D eigenvalue weighted by Gasteiger charge is 2.18. The van der Waals surface area contributed by atoms with Crippen LogP contribution in [-0.2, 0) is 33.6 Å². The van der Waals surface area contributed by atoms with Crippen molar-refractivity contribution in [2.45, 2.75) is 148 Å². The highest BCUT2D eigenvalue weighted by molar-refractivity contribution is 7.80. The van der Waals surface area contributed by atoms with Crippen molar-refractivity contribution in [2.75, 3.05) is 13.2 Å². The van der Waals surface area contributed by atoms with Crippen LogP contribution in [0.4, 0.5) is 0 Å². The summed E-state index contributed by atoms with van der Waals surface area (Å²) in [5, 5.41) is 0. The molecule has 0 aromatic heterocycles. The molecule has 0 fully saturated rings. The average Bonchev–Trinajstić information content (AvgIpc) is 2.82. The van der Waals surface area contributed by atoms with Gasteiger partial charge in [0.05, 0.1) is 0 Å². The molecule has 0 aliphatic heterocycles. The minimum atomic E-state index is -5.02. The Kier molecular flexibility index (Phi) is 23.4. The molecule has 0 N–H and O–H groups in total. The number of esters is 2. The van der Waals surface area contributed by atoms with Crippen molar-refractivity contribution < 1.29 is 36.2 Å². The molecule has 0 aromatic carbocycles. The number of carbonyl (C=O) groups excluding carboxylic acids is 2. The molecule has 0 aliphatic rings. The van der Waals surface area contributed by atoms with E-state index in [2.05, 4.69) is 18.0 Å². The lowest BCUT2D eigenvalue weighted by atomic mass is 10.1. The van der Waals surface area contributed by atoms with Gasteiger partial charge in [-0.15, -0.1) is 0 Å². The molecular weight excluding hydrogens is 484 g/mol. The van der Waals surface area contributed by atoms with Gasteiger partial charge in [-0.05, 0) is 12.8 Å². The first kappa shape index (κ1) is 34.8. The fourth-order valence-electron chi connectivity index (χ4n) is 3.95. The summed E-state index contributed by atoms with van der Waals surface area (Å²) in [7, 11) is -5.02. The third-order valence-electron chi connectivity index (χ3n) is 6.08. The van der Waals surface area contributed by atoms with E-state index in [0.29, 0.717) is 12.8 Å². The third-order valence-corrected chi connectivity index (χ3v) is 6.59. The molecule has 0 unspecified atom stereocenters. The van der Waals surface area contributed by atoms with Gasteiger partial charge in [0.1, 0.15) is 19.3 Å². The fraction of sp³-hybridized carbons (Fsp3) is 0.926. The molecule has 0 saturated heterocycles. The molecule has 0 rings (SSSR count). The zero-order chi connectivity index (χ0) is 26.9. The molecule has 36 heavy (non-hydrogen) atoms. The second-order valence-corrected chi connectivity index (χ2v) is 10.7. The van der Waals surface area contributed by atoms with E-state index in [1.165, 1.54) is 64.2 Å². The second-order valence-electron chi connectivity index (χ2n) is 9.65. The van der Waals surface area contributed by atoms with Crippen LogP contribution in [0.2, 0.25) is 0 Å². The Morgan fingerprint density at radius 3 is 1.19 bits per heavy atom. The summed E-state index contributed by atoms with van der Waals surface area (Å²) in [5.41, 5.74) is 0. The van der Waals surface area contributed by atoms with Crippen LogP contribution in [-0.4, -0.2) is 44.2 Å². The van der Waals surface area contributed by atoms with Crippen LogP contribution in [0.1, 0.15) is 142 Å². The van der Waals surface area contributed by atoms with E-state index in [0.717, 1.165) is 38.5 Å². The van der Waals surface area contributed by atoms with Crippen molar-refractivity contribution in [3.05, 3.63) is 0 Å². The molecule has 9 heteroatoms. The van der Waals surface area contributed by atoms with Crippen LogP contribution >= 0.6 is 0 Å². The quantitative estimate of drug-likeness (QED) is 0.0516. The zero-order valence-corrected chi connectivity index (χ0v) is 23.6. The molecule has 0 atom stereocenters. The smallest absolute Gasteiger partial charge is 0.305 e. The summed E-state index contributed by atoms with van der Waals surface area (Å²) >= 11 is 0. The van der Waals surface area contributed by atoms with Gasteiger partial charge in [0, 0.05) is 12.8 Å². The maximum Gasteiger partial charge on any atom is 0.305 e. The molecule has 214 valence electrons.